The van der Waals surface area contributed by atoms with E-state index in [4.69, 9.17) is 4.74 Å². The summed E-state index contributed by atoms with van der Waals surface area (Å²) in [5.74, 6) is 1.57. The van der Waals surface area contributed by atoms with Gasteiger partial charge in [-0.15, -0.1) is 0 Å². The van der Waals surface area contributed by atoms with Crippen molar-refractivity contribution < 1.29 is 14.3 Å². The highest BCUT2D eigenvalue weighted by molar-refractivity contribution is 5.83. The monoisotopic (exact) mass is 345 g/mol. The van der Waals surface area contributed by atoms with E-state index in [2.05, 4.69) is 11.0 Å². The lowest BCUT2D eigenvalue weighted by Gasteiger charge is -2.35. The van der Waals surface area contributed by atoms with Crippen molar-refractivity contribution in [3.8, 4) is 5.75 Å². The van der Waals surface area contributed by atoms with E-state index in [0.717, 1.165) is 30.8 Å². The second kappa shape index (κ2) is 7.44. The number of hydrogen-bond donors (Lipinski definition) is 0. The average Bonchev–Trinajstić information content (AvgIpc) is 3.42. The predicted octanol–water partition coefficient (Wildman–Crippen LogP) is 1.03. The molecule has 1 saturated heterocycles. The lowest BCUT2D eigenvalue weighted by molar-refractivity contribution is -0.135. The Labute approximate surface area is 149 Å². The van der Waals surface area contributed by atoms with Crippen LogP contribution in [-0.4, -0.2) is 80.4 Å². The Kier molecular flexibility index (Phi) is 5.27. The summed E-state index contributed by atoms with van der Waals surface area (Å²) in [5.41, 5.74) is 1.14. The standard InChI is InChI=1S/C19H27N3O3/c1-20(2)18(23)13-21-8-10-22(11-9-21)19(24)16-12-15(16)14-6-4-5-7-17(14)25-3/h4-7,15-16H,8-13H2,1-3H3/t15-,16-/m1/s1. The van der Waals surface area contributed by atoms with E-state index in [0.29, 0.717) is 19.6 Å². The molecule has 0 spiro atoms. The zero-order chi connectivity index (χ0) is 18.0. The van der Waals surface area contributed by atoms with Gasteiger partial charge in [-0.25, -0.2) is 0 Å². The second-order valence-corrected chi connectivity index (χ2v) is 7.08. The maximum absolute atomic E-state index is 12.8. The molecule has 1 saturated carbocycles. The highest BCUT2D eigenvalue weighted by atomic mass is 16.5. The number of amides is 2. The number of para-hydroxylation sites is 1. The maximum Gasteiger partial charge on any atom is 0.236 e. The minimum Gasteiger partial charge on any atom is -0.496 e. The van der Waals surface area contributed by atoms with Gasteiger partial charge in [0.1, 0.15) is 5.75 Å². The maximum atomic E-state index is 12.8. The summed E-state index contributed by atoms with van der Waals surface area (Å²) in [7, 11) is 5.21. The molecule has 1 aromatic carbocycles. The third-order valence-corrected chi connectivity index (χ3v) is 5.19. The molecule has 1 aliphatic carbocycles. The minimum absolute atomic E-state index is 0.0752. The lowest BCUT2D eigenvalue weighted by atomic mass is 10.1. The number of ether oxygens (including phenoxy) is 1. The minimum atomic E-state index is 0.0752. The van der Waals surface area contributed by atoms with E-state index in [-0.39, 0.29) is 23.7 Å². The molecule has 1 aromatic rings. The Balaban J connectivity index is 1.52. The van der Waals surface area contributed by atoms with Crippen LogP contribution in [0.5, 0.6) is 5.75 Å². The largest absolute Gasteiger partial charge is 0.496 e. The summed E-state index contributed by atoms with van der Waals surface area (Å²) in [6, 6.07) is 7.96. The average molecular weight is 345 g/mol. The SMILES string of the molecule is COc1ccccc1[C@H]1C[C@H]1C(=O)N1CCN(CC(=O)N(C)C)CC1. The summed E-state index contributed by atoms with van der Waals surface area (Å²) < 4.78 is 5.42. The molecule has 2 fully saturated rings. The molecule has 0 radical (unpaired) electrons. The number of piperazine rings is 1. The molecular formula is C19H27N3O3. The smallest absolute Gasteiger partial charge is 0.236 e. The van der Waals surface area contributed by atoms with E-state index in [1.54, 1.807) is 26.1 Å². The lowest BCUT2D eigenvalue weighted by Crippen LogP contribution is -2.51. The van der Waals surface area contributed by atoms with Crippen molar-refractivity contribution in [3.63, 3.8) is 0 Å². The first-order valence-electron chi connectivity index (χ1n) is 8.85. The molecule has 1 heterocycles. The van der Waals surface area contributed by atoms with Crippen molar-refractivity contribution in [2.75, 3.05) is 53.9 Å². The van der Waals surface area contributed by atoms with Crippen LogP contribution in [0.1, 0.15) is 17.9 Å². The highest BCUT2D eigenvalue weighted by Gasteiger charge is 2.47. The van der Waals surface area contributed by atoms with Crippen LogP contribution in [0.25, 0.3) is 0 Å². The van der Waals surface area contributed by atoms with Crippen LogP contribution < -0.4 is 4.74 Å². The predicted molar refractivity (Wildman–Crippen MR) is 95.6 cm³/mol. The highest BCUT2D eigenvalue weighted by Crippen LogP contribution is 2.51. The van der Waals surface area contributed by atoms with Gasteiger partial charge in [0.05, 0.1) is 13.7 Å². The van der Waals surface area contributed by atoms with Crippen molar-refractivity contribution in [1.82, 2.24) is 14.7 Å². The zero-order valence-corrected chi connectivity index (χ0v) is 15.3. The van der Waals surface area contributed by atoms with Crippen LogP contribution in [-0.2, 0) is 9.59 Å². The third kappa shape index (κ3) is 3.95. The molecule has 6 nitrogen and oxygen atoms in total. The molecule has 2 aliphatic rings. The van der Waals surface area contributed by atoms with E-state index in [9.17, 15) is 9.59 Å². The van der Waals surface area contributed by atoms with Crippen molar-refractivity contribution in [1.29, 1.82) is 0 Å². The number of likely N-dealkylation sites (N-methyl/N-ethyl adjacent to an activating group) is 1. The van der Waals surface area contributed by atoms with Gasteiger partial charge in [-0.2, -0.15) is 0 Å². The molecule has 1 aliphatic heterocycles. The Morgan fingerprint density at radius 1 is 1.16 bits per heavy atom. The molecular weight excluding hydrogens is 318 g/mol. The first-order chi connectivity index (χ1) is 12.0. The molecule has 136 valence electrons. The number of hydrogen-bond acceptors (Lipinski definition) is 4. The molecule has 2 amide bonds. The van der Waals surface area contributed by atoms with E-state index >= 15 is 0 Å². The van der Waals surface area contributed by atoms with Crippen LogP contribution in [0.15, 0.2) is 24.3 Å². The van der Waals surface area contributed by atoms with Gasteiger partial charge in [0.15, 0.2) is 0 Å². The van der Waals surface area contributed by atoms with Crippen LogP contribution in [0.3, 0.4) is 0 Å². The van der Waals surface area contributed by atoms with Gasteiger partial charge in [-0.05, 0) is 24.0 Å². The third-order valence-electron chi connectivity index (χ3n) is 5.19. The number of carbonyl (C=O) groups is 2. The summed E-state index contributed by atoms with van der Waals surface area (Å²) in [6.07, 6.45) is 0.901. The summed E-state index contributed by atoms with van der Waals surface area (Å²) in [4.78, 5) is 30.3. The zero-order valence-electron chi connectivity index (χ0n) is 15.3. The van der Waals surface area contributed by atoms with Gasteiger partial charge in [-0.1, -0.05) is 18.2 Å². The summed E-state index contributed by atoms with van der Waals surface area (Å²) >= 11 is 0. The number of nitrogens with zero attached hydrogens (tertiary/aromatic N) is 3. The van der Waals surface area contributed by atoms with Crippen molar-refractivity contribution >= 4 is 11.8 Å². The van der Waals surface area contributed by atoms with E-state index < -0.39 is 0 Å². The Hall–Kier alpha value is -2.08. The van der Waals surface area contributed by atoms with Crippen LogP contribution in [0.4, 0.5) is 0 Å². The molecule has 0 bridgehead atoms. The number of benzene rings is 1. The number of methoxy groups -OCH3 is 1. The Morgan fingerprint density at radius 2 is 1.84 bits per heavy atom. The molecule has 2 atom stereocenters. The van der Waals surface area contributed by atoms with Gasteiger partial charge in [0.2, 0.25) is 11.8 Å². The Bertz CT molecular complexity index is 639. The first kappa shape index (κ1) is 17.7. The fourth-order valence-electron chi connectivity index (χ4n) is 3.48. The van der Waals surface area contributed by atoms with Gasteiger partial charge in [0.25, 0.3) is 0 Å². The quantitative estimate of drug-likeness (QED) is 0.800. The summed E-state index contributed by atoms with van der Waals surface area (Å²) in [5, 5.41) is 0. The summed E-state index contributed by atoms with van der Waals surface area (Å²) in [6.45, 7) is 3.36. The van der Waals surface area contributed by atoms with Gasteiger partial charge < -0.3 is 14.5 Å². The van der Waals surface area contributed by atoms with Gasteiger partial charge in [-0.3, -0.25) is 14.5 Å². The first-order valence-corrected chi connectivity index (χ1v) is 8.85. The topological polar surface area (TPSA) is 53.1 Å². The molecule has 0 unspecified atom stereocenters. The van der Waals surface area contributed by atoms with Crippen LogP contribution in [0, 0.1) is 5.92 Å². The second-order valence-electron chi connectivity index (χ2n) is 7.08. The van der Waals surface area contributed by atoms with Gasteiger partial charge >= 0.3 is 0 Å². The number of carbonyl (C=O) groups excluding carboxylic acids is 2. The van der Waals surface area contributed by atoms with Crippen molar-refractivity contribution in [2.45, 2.75) is 12.3 Å². The molecule has 3 rings (SSSR count). The molecule has 25 heavy (non-hydrogen) atoms. The number of rotatable bonds is 5. The van der Waals surface area contributed by atoms with Gasteiger partial charge in [0, 0.05) is 46.2 Å². The molecule has 6 heteroatoms. The molecule has 0 N–H and O–H groups in total. The van der Waals surface area contributed by atoms with Crippen molar-refractivity contribution in [3.05, 3.63) is 29.8 Å². The Morgan fingerprint density at radius 3 is 2.48 bits per heavy atom. The molecule has 0 aromatic heterocycles. The fourth-order valence-corrected chi connectivity index (χ4v) is 3.48. The van der Waals surface area contributed by atoms with Crippen molar-refractivity contribution in [2.24, 2.45) is 5.92 Å². The van der Waals surface area contributed by atoms with Crippen LogP contribution >= 0.6 is 0 Å². The fraction of sp³-hybridized carbons (Fsp3) is 0.579. The normalized spacial score (nSPS) is 23.2. The van der Waals surface area contributed by atoms with E-state index in [1.807, 2.05) is 23.1 Å². The van der Waals surface area contributed by atoms with E-state index in [1.165, 1.54) is 0 Å². The van der Waals surface area contributed by atoms with Crippen LogP contribution in [0.2, 0.25) is 0 Å².